The number of benzene rings is 3. The predicted octanol–water partition coefficient (Wildman–Crippen LogP) is 8.19. The van der Waals surface area contributed by atoms with Crippen LogP contribution in [0.25, 0.3) is 0 Å². The summed E-state index contributed by atoms with van der Waals surface area (Å²) in [4.78, 5) is 4.75. The monoisotopic (exact) mass is 429 g/mol. The van der Waals surface area contributed by atoms with Gasteiger partial charge in [-0.05, 0) is 42.8 Å². The standard InChI is InChI=1S/C23H21Cl2NOS/c1-2-3-12-23(27-20-15-16(24)13-14-17(20)25)26-18-8-4-6-10-21(18)28-22-11-7-5-9-19(22)26/h4-11,13-15,23H,2-3,12H2,1H3. The van der Waals surface area contributed by atoms with Gasteiger partial charge in [0.1, 0.15) is 5.75 Å². The summed E-state index contributed by atoms with van der Waals surface area (Å²) in [6.07, 6.45) is 2.84. The summed E-state index contributed by atoms with van der Waals surface area (Å²) in [6.45, 7) is 2.19. The molecule has 28 heavy (non-hydrogen) atoms. The van der Waals surface area contributed by atoms with Crippen molar-refractivity contribution in [3.63, 3.8) is 0 Å². The van der Waals surface area contributed by atoms with E-state index in [4.69, 9.17) is 27.9 Å². The highest BCUT2D eigenvalue weighted by Gasteiger charge is 2.30. The van der Waals surface area contributed by atoms with E-state index in [1.165, 1.54) is 9.79 Å². The van der Waals surface area contributed by atoms with E-state index in [9.17, 15) is 0 Å². The molecule has 4 rings (SSSR count). The van der Waals surface area contributed by atoms with E-state index < -0.39 is 0 Å². The van der Waals surface area contributed by atoms with Gasteiger partial charge in [0.15, 0.2) is 6.23 Å². The second-order valence-corrected chi connectivity index (χ2v) is 8.62. The fraction of sp³-hybridized carbons (Fsp3) is 0.217. The van der Waals surface area contributed by atoms with E-state index in [1.54, 1.807) is 30.0 Å². The summed E-state index contributed by atoms with van der Waals surface area (Å²) in [7, 11) is 0. The molecular weight excluding hydrogens is 409 g/mol. The summed E-state index contributed by atoms with van der Waals surface area (Å²) in [5, 5.41) is 1.18. The van der Waals surface area contributed by atoms with E-state index in [0.29, 0.717) is 15.8 Å². The van der Waals surface area contributed by atoms with E-state index in [-0.39, 0.29) is 6.23 Å². The van der Waals surface area contributed by atoms with Crippen LogP contribution < -0.4 is 9.64 Å². The smallest absolute Gasteiger partial charge is 0.176 e. The Morgan fingerprint density at radius 2 is 1.57 bits per heavy atom. The molecule has 0 amide bonds. The molecule has 3 aromatic rings. The minimum Gasteiger partial charge on any atom is -0.469 e. The summed E-state index contributed by atoms with van der Waals surface area (Å²) in [5.74, 6) is 0.614. The van der Waals surface area contributed by atoms with Crippen molar-refractivity contribution in [1.29, 1.82) is 0 Å². The van der Waals surface area contributed by atoms with Gasteiger partial charge < -0.3 is 9.64 Å². The lowest BCUT2D eigenvalue weighted by atomic mass is 10.1. The third-order valence-electron chi connectivity index (χ3n) is 4.72. The largest absolute Gasteiger partial charge is 0.469 e. The second kappa shape index (κ2) is 8.69. The molecule has 0 N–H and O–H groups in total. The zero-order valence-electron chi connectivity index (χ0n) is 15.6. The van der Waals surface area contributed by atoms with Gasteiger partial charge in [-0.3, -0.25) is 0 Å². The molecule has 0 bridgehead atoms. The number of rotatable bonds is 6. The highest BCUT2D eigenvalue weighted by Crippen LogP contribution is 2.49. The SMILES string of the molecule is CCCCC(Oc1cc(Cl)ccc1Cl)N1c2ccccc2Sc2ccccc21. The molecule has 1 aliphatic heterocycles. The Hall–Kier alpha value is -1.81. The van der Waals surface area contributed by atoms with Gasteiger partial charge in [0.25, 0.3) is 0 Å². The van der Waals surface area contributed by atoms with Crippen LogP contribution in [-0.2, 0) is 0 Å². The second-order valence-electron chi connectivity index (χ2n) is 6.70. The van der Waals surface area contributed by atoms with Gasteiger partial charge in [-0.1, -0.05) is 72.6 Å². The van der Waals surface area contributed by atoms with Crippen molar-refractivity contribution in [3.8, 4) is 5.75 Å². The zero-order chi connectivity index (χ0) is 19.5. The number of hydrogen-bond donors (Lipinski definition) is 0. The van der Waals surface area contributed by atoms with Gasteiger partial charge in [0, 0.05) is 27.3 Å². The third kappa shape index (κ3) is 3.98. The minimum atomic E-state index is -0.181. The van der Waals surface area contributed by atoms with Gasteiger partial charge in [0.05, 0.1) is 16.4 Å². The Labute approximate surface area is 180 Å². The summed E-state index contributed by atoms with van der Waals surface area (Å²) in [6, 6.07) is 22.3. The molecule has 0 spiro atoms. The molecular formula is C23H21Cl2NOS. The fourth-order valence-corrected chi connectivity index (χ4v) is 4.77. The van der Waals surface area contributed by atoms with Crippen LogP contribution in [0.4, 0.5) is 11.4 Å². The van der Waals surface area contributed by atoms with Crippen LogP contribution >= 0.6 is 35.0 Å². The zero-order valence-corrected chi connectivity index (χ0v) is 17.9. The third-order valence-corrected chi connectivity index (χ3v) is 6.40. The van der Waals surface area contributed by atoms with Crippen LogP contribution in [0.3, 0.4) is 0 Å². The lowest BCUT2D eigenvalue weighted by Crippen LogP contribution is -2.37. The van der Waals surface area contributed by atoms with Crippen molar-refractivity contribution in [2.45, 2.75) is 42.2 Å². The molecule has 0 aromatic heterocycles. The molecule has 2 nitrogen and oxygen atoms in total. The van der Waals surface area contributed by atoms with Crippen molar-refractivity contribution in [3.05, 3.63) is 76.8 Å². The normalized spacial score (nSPS) is 13.6. The average molecular weight is 430 g/mol. The lowest BCUT2D eigenvalue weighted by Gasteiger charge is -2.38. The maximum absolute atomic E-state index is 6.48. The van der Waals surface area contributed by atoms with E-state index >= 15 is 0 Å². The van der Waals surface area contributed by atoms with Crippen molar-refractivity contribution in [2.75, 3.05) is 4.90 Å². The molecule has 5 heteroatoms. The predicted molar refractivity (Wildman–Crippen MR) is 120 cm³/mol. The van der Waals surface area contributed by atoms with Crippen LogP contribution in [0.1, 0.15) is 26.2 Å². The topological polar surface area (TPSA) is 12.5 Å². The number of ether oxygens (including phenoxy) is 1. The van der Waals surface area contributed by atoms with E-state index in [0.717, 1.165) is 30.6 Å². The number of anilines is 2. The number of fused-ring (bicyclic) bond motifs is 2. The van der Waals surface area contributed by atoms with E-state index in [2.05, 4.69) is 60.4 Å². The molecule has 1 aliphatic rings. The minimum absolute atomic E-state index is 0.181. The molecule has 0 radical (unpaired) electrons. The number of para-hydroxylation sites is 2. The van der Waals surface area contributed by atoms with Crippen LogP contribution in [0.15, 0.2) is 76.5 Å². The van der Waals surface area contributed by atoms with Crippen molar-refractivity contribution >= 4 is 46.3 Å². The molecule has 1 heterocycles. The summed E-state index contributed by atoms with van der Waals surface area (Å²) < 4.78 is 6.48. The maximum atomic E-state index is 6.48. The van der Waals surface area contributed by atoms with Crippen LogP contribution in [0, 0.1) is 0 Å². The Kier molecular flexibility index (Phi) is 6.05. The summed E-state index contributed by atoms with van der Waals surface area (Å²) in [5.41, 5.74) is 2.32. The van der Waals surface area contributed by atoms with Gasteiger partial charge in [-0.25, -0.2) is 0 Å². The van der Waals surface area contributed by atoms with Gasteiger partial charge in [-0.15, -0.1) is 0 Å². The van der Waals surface area contributed by atoms with Gasteiger partial charge in [-0.2, -0.15) is 0 Å². The molecule has 0 saturated carbocycles. The quantitative estimate of drug-likeness (QED) is 0.391. The first kappa shape index (κ1) is 19.5. The average Bonchev–Trinajstić information content (AvgIpc) is 2.72. The fourth-order valence-electron chi connectivity index (χ4n) is 3.38. The first-order chi connectivity index (χ1) is 13.7. The maximum Gasteiger partial charge on any atom is 0.176 e. The Balaban J connectivity index is 1.79. The van der Waals surface area contributed by atoms with Crippen LogP contribution in [-0.4, -0.2) is 6.23 Å². The summed E-state index contributed by atoms with van der Waals surface area (Å²) >= 11 is 14.4. The lowest BCUT2D eigenvalue weighted by molar-refractivity contribution is 0.193. The van der Waals surface area contributed by atoms with Crippen LogP contribution in [0.2, 0.25) is 10.0 Å². The molecule has 0 fully saturated rings. The first-order valence-electron chi connectivity index (χ1n) is 9.44. The molecule has 1 unspecified atom stereocenters. The number of hydrogen-bond acceptors (Lipinski definition) is 3. The molecule has 3 aromatic carbocycles. The van der Waals surface area contributed by atoms with Crippen molar-refractivity contribution in [2.24, 2.45) is 0 Å². The highest BCUT2D eigenvalue weighted by molar-refractivity contribution is 7.99. The molecule has 0 saturated heterocycles. The number of unbranched alkanes of at least 4 members (excludes halogenated alkanes) is 1. The Bertz CT molecular complexity index is 933. The van der Waals surface area contributed by atoms with Crippen molar-refractivity contribution < 1.29 is 4.74 Å². The van der Waals surface area contributed by atoms with E-state index in [1.807, 2.05) is 0 Å². The highest BCUT2D eigenvalue weighted by atomic mass is 35.5. The Morgan fingerprint density at radius 1 is 0.929 bits per heavy atom. The number of nitrogens with zero attached hydrogens (tertiary/aromatic N) is 1. The number of halogens is 2. The molecule has 1 atom stereocenters. The van der Waals surface area contributed by atoms with Gasteiger partial charge in [0.2, 0.25) is 0 Å². The first-order valence-corrected chi connectivity index (χ1v) is 11.0. The Morgan fingerprint density at radius 3 is 2.21 bits per heavy atom. The van der Waals surface area contributed by atoms with Crippen molar-refractivity contribution in [1.82, 2.24) is 0 Å². The molecule has 144 valence electrons. The van der Waals surface area contributed by atoms with Gasteiger partial charge >= 0.3 is 0 Å². The molecule has 0 aliphatic carbocycles. The van der Waals surface area contributed by atoms with Crippen LogP contribution in [0.5, 0.6) is 5.75 Å².